The molecule has 0 radical (unpaired) electrons. The second-order valence-corrected chi connectivity index (χ2v) is 8.09. The first-order chi connectivity index (χ1) is 9.96. The van der Waals surface area contributed by atoms with Gasteiger partial charge in [-0.25, -0.2) is 4.79 Å². The van der Waals surface area contributed by atoms with Crippen molar-refractivity contribution in [3.05, 3.63) is 0 Å². The van der Waals surface area contributed by atoms with Crippen LogP contribution in [0.3, 0.4) is 0 Å². The molecule has 5 nitrogen and oxygen atoms in total. The average molecular weight is 312 g/mol. The maximum atomic E-state index is 12.9. The van der Waals surface area contributed by atoms with Gasteiger partial charge in [0, 0.05) is 11.7 Å². The molecule has 2 N–H and O–H groups in total. The molecule has 2 heterocycles. The van der Waals surface area contributed by atoms with Crippen molar-refractivity contribution < 1.29 is 14.7 Å². The molecule has 2 aliphatic heterocycles. The van der Waals surface area contributed by atoms with E-state index in [1.165, 1.54) is 0 Å². The van der Waals surface area contributed by atoms with Crippen molar-refractivity contribution >= 4 is 23.6 Å². The van der Waals surface area contributed by atoms with E-state index in [9.17, 15) is 14.7 Å². The first kappa shape index (κ1) is 15.2. The number of carbonyl (C=O) groups is 2. The molecular weight excluding hydrogens is 288 g/mol. The van der Waals surface area contributed by atoms with Crippen molar-refractivity contribution in [2.75, 3.05) is 18.8 Å². The van der Waals surface area contributed by atoms with Crippen LogP contribution in [0.1, 0.15) is 33.1 Å². The maximum Gasteiger partial charge on any atom is 0.327 e. The van der Waals surface area contributed by atoms with Crippen molar-refractivity contribution in [3.63, 3.8) is 0 Å². The Balaban J connectivity index is 1.76. The molecule has 0 bridgehead atoms. The van der Waals surface area contributed by atoms with Crippen LogP contribution in [0, 0.1) is 17.3 Å². The number of rotatable bonds is 3. The molecule has 118 valence electrons. The molecule has 1 saturated carbocycles. The number of amides is 1. The maximum absolute atomic E-state index is 12.9. The number of hydrogen-bond donors (Lipinski definition) is 2. The zero-order valence-electron chi connectivity index (χ0n) is 12.7. The molecule has 3 rings (SSSR count). The predicted octanol–water partition coefficient (Wildman–Crippen LogP) is 1.39. The lowest BCUT2D eigenvalue weighted by Gasteiger charge is -2.31. The van der Waals surface area contributed by atoms with E-state index in [0.29, 0.717) is 5.75 Å². The van der Waals surface area contributed by atoms with Gasteiger partial charge in [-0.1, -0.05) is 13.8 Å². The van der Waals surface area contributed by atoms with Crippen LogP contribution in [0.25, 0.3) is 0 Å². The molecule has 0 aromatic carbocycles. The third-order valence-corrected chi connectivity index (χ3v) is 6.85. The molecule has 3 atom stereocenters. The Morgan fingerprint density at radius 3 is 2.57 bits per heavy atom. The lowest BCUT2D eigenvalue weighted by atomic mass is 9.91. The fourth-order valence-electron chi connectivity index (χ4n) is 3.86. The number of nitrogens with one attached hydrogen (secondary N) is 1. The Labute approximate surface area is 129 Å². The van der Waals surface area contributed by atoms with Gasteiger partial charge in [-0.2, -0.15) is 0 Å². The number of carboxylic acid groups (broad SMARTS) is 1. The Kier molecular flexibility index (Phi) is 3.94. The van der Waals surface area contributed by atoms with Gasteiger partial charge in [0.2, 0.25) is 5.91 Å². The van der Waals surface area contributed by atoms with Crippen molar-refractivity contribution in [1.82, 2.24) is 10.2 Å². The van der Waals surface area contributed by atoms with Crippen LogP contribution in [0.5, 0.6) is 0 Å². The van der Waals surface area contributed by atoms with E-state index in [-0.39, 0.29) is 28.5 Å². The number of piperidine rings is 1. The number of nitrogens with zero attached hydrogens (tertiary/aromatic N) is 1. The Morgan fingerprint density at radius 1 is 1.33 bits per heavy atom. The summed E-state index contributed by atoms with van der Waals surface area (Å²) in [6, 6.07) is -0.644. The fourth-order valence-corrected chi connectivity index (χ4v) is 5.34. The lowest BCUT2D eigenvalue weighted by Crippen LogP contribution is -2.48. The van der Waals surface area contributed by atoms with Crippen molar-refractivity contribution in [2.45, 2.75) is 44.5 Å². The first-order valence-electron chi connectivity index (χ1n) is 7.83. The number of thioether (sulfide) groups is 1. The third kappa shape index (κ3) is 2.57. The summed E-state index contributed by atoms with van der Waals surface area (Å²) in [6.45, 7) is 6.09. The van der Waals surface area contributed by atoms with Crippen LogP contribution in [0.4, 0.5) is 0 Å². The van der Waals surface area contributed by atoms with Crippen LogP contribution < -0.4 is 5.32 Å². The van der Waals surface area contributed by atoms with E-state index in [4.69, 9.17) is 0 Å². The van der Waals surface area contributed by atoms with Crippen LogP contribution in [-0.2, 0) is 9.59 Å². The highest BCUT2D eigenvalue weighted by Gasteiger charge is 2.60. The number of aliphatic carboxylic acids is 1. The molecule has 3 aliphatic rings. The summed E-state index contributed by atoms with van der Waals surface area (Å²) in [7, 11) is 0. The van der Waals surface area contributed by atoms with Gasteiger partial charge in [0.05, 0.1) is 5.37 Å². The number of carbonyl (C=O) groups excluding carboxylic acids is 1. The number of hydrogen-bond acceptors (Lipinski definition) is 4. The third-order valence-electron chi connectivity index (χ3n) is 5.23. The summed E-state index contributed by atoms with van der Waals surface area (Å²) in [4.78, 5) is 26.1. The van der Waals surface area contributed by atoms with Crippen LogP contribution in [0.2, 0.25) is 0 Å². The van der Waals surface area contributed by atoms with E-state index in [2.05, 4.69) is 19.2 Å². The normalized spacial score (nSPS) is 34.4. The highest BCUT2D eigenvalue weighted by atomic mass is 32.2. The highest BCUT2D eigenvalue weighted by molar-refractivity contribution is 8.00. The molecule has 21 heavy (non-hydrogen) atoms. The highest BCUT2D eigenvalue weighted by Crippen LogP contribution is 2.60. The molecule has 0 aromatic rings. The van der Waals surface area contributed by atoms with Gasteiger partial charge < -0.3 is 15.3 Å². The van der Waals surface area contributed by atoms with Crippen LogP contribution in [-0.4, -0.2) is 52.1 Å². The molecule has 1 spiro atoms. The minimum atomic E-state index is -0.862. The topological polar surface area (TPSA) is 69.6 Å². The lowest BCUT2D eigenvalue weighted by molar-refractivity contribution is -0.150. The summed E-state index contributed by atoms with van der Waals surface area (Å²) < 4.78 is 0. The first-order valence-corrected chi connectivity index (χ1v) is 8.88. The molecular formula is C15H24N2O3S. The fraction of sp³-hybridized carbons (Fsp3) is 0.867. The van der Waals surface area contributed by atoms with Crippen LogP contribution in [0.15, 0.2) is 0 Å². The van der Waals surface area contributed by atoms with E-state index in [1.54, 1.807) is 16.7 Å². The quantitative estimate of drug-likeness (QED) is 0.824. The van der Waals surface area contributed by atoms with E-state index >= 15 is 0 Å². The molecule has 3 unspecified atom stereocenters. The van der Waals surface area contributed by atoms with Gasteiger partial charge in [0.25, 0.3) is 0 Å². The van der Waals surface area contributed by atoms with E-state index < -0.39 is 12.0 Å². The monoisotopic (exact) mass is 312 g/mol. The molecule has 6 heteroatoms. The van der Waals surface area contributed by atoms with Gasteiger partial charge in [-0.3, -0.25) is 4.79 Å². The number of carboxylic acids is 1. The second-order valence-electron chi connectivity index (χ2n) is 6.94. The SMILES string of the molecule is CC(C)C1SCC(C(=O)O)N1C(=O)C1CC12CCNCC2. The van der Waals surface area contributed by atoms with E-state index in [0.717, 1.165) is 32.4 Å². The minimum Gasteiger partial charge on any atom is -0.480 e. The van der Waals surface area contributed by atoms with Gasteiger partial charge in [-0.15, -0.1) is 11.8 Å². The summed E-state index contributed by atoms with van der Waals surface area (Å²) in [5.74, 6) is 0.0880. The molecule has 1 amide bonds. The standard InChI is InChI=1S/C15H24N2O3S/c1-9(2)13-17(11(8-21-13)14(19)20)12(18)10-7-15(10)3-5-16-6-4-15/h9-11,13,16H,3-8H2,1-2H3,(H,19,20). The Morgan fingerprint density at radius 2 is 2.00 bits per heavy atom. The van der Waals surface area contributed by atoms with Crippen molar-refractivity contribution in [3.8, 4) is 0 Å². The van der Waals surface area contributed by atoms with Crippen LogP contribution >= 0.6 is 11.8 Å². The van der Waals surface area contributed by atoms with Gasteiger partial charge >= 0.3 is 5.97 Å². The molecule has 1 aliphatic carbocycles. The second kappa shape index (κ2) is 5.47. The Bertz CT molecular complexity index is 448. The average Bonchev–Trinajstić information content (AvgIpc) is 2.95. The van der Waals surface area contributed by atoms with Gasteiger partial charge in [-0.05, 0) is 43.7 Å². The zero-order chi connectivity index (χ0) is 15.2. The minimum absolute atomic E-state index is 0.0120. The summed E-state index contributed by atoms with van der Waals surface area (Å²) >= 11 is 1.62. The van der Waals surface area contributed by atoms with Gasteiger partial charge in [0.1, 0.15) is 6.04 Å². The molecule has 0 aromatic heterocycles. The Hall–Kier alpha value is -0.750. The molecule has 3 fully saturated rings. The summed E-state index contributed by atoms with van der Waals surface area (Å²) in [6.07, 6.45) is 3.05. The smallest absolute Gasteiger partial charge is 0.327 e. The van der Waals surface area contributed by atoms with Crippen molar-refractivity contribution in [2.24, 2.45) is 17.3 Å². The molecule has 2 saturated heterocycles. The summed E-state index contributed by atoms with van der Waals surface area (Å²) in [5, 5.41) is 12.8. The largest absolute Gasteiger partial charge is 0.480 e. The van der Waals surface area contributed by atoms with Crippen molar-refractivity contribution in [1.29, 1.82) is 0 Å². The predicted molar refractivity (Wildman–Crippen MR) is 82.0 cm³/mol. The van der Waals surface area contributed by atoms with Gasteiger partial charge in [0.15, 0.2) is 0 Å². The zero-order valence-corrected chi connectivity index (χ0v) is 13.5. The van der Waals surface area contributed by atoms with E-state index in [1.807, 2.05) is 0 Å². The summed E-state index contributed by atoms with van der Waals surface area (Å²) in [5.41, 5.74) is 0.167.